The molecule has 2 aromatic carbocycles. The van der Waals surface area contributed by atoms with E-state index < -0.39 is 34.3 Å². The smallest absolute Gasteiger partial charge is 0.282 e. The maximum Gasteiger partial charge on any atom is 0.282 e. The number of nitrogens with zero attached hydrogens (tertiary/aromatic N) is 2. The van der Waals surface area contributed by atoms with Crippen molar-refractivity contribution in [2.24, 2.45) is 0 Å². The first-order valence-electron chi connectivity index (χ1n) is 8.92. The Morgan fingerprint density at radius 3 is 2.45 bits per heavy atom. The molecule has 1 saturated heterocycles. The molecule has 10 heteroatoms. The molecule has 0 radical (unpaired) electrons. The second kappa shape index (κ2) is 8.85. The quantitative estimate of drug-likeness (QED) is 0.771. The van der Waals surface area contributed by atoms with E-state index in [1.807, 2.05) is 0 Å². The van der Waals surface area contributed by atoms with Crippen LogP contribution >= 0.6 is 0 Å². The van der Waals surface area contributed by atoms with E-state index in [0.29, 0.717) is 24.8 Å². The molecule has 1 aliphatic heterocycles. The number of benzene rings is 2. The standard InChI is InChI=1S/C19H21F2N3O4S/c1-28-16-6-3-14(4-7-16)12-23-9-2-10-24(29(23,26)27)13-19(25)22-18-8-5-15(20)11-17(18)21/h3-8,11H,2,9-10,12-13H2,1H3,(H,22,25). The average molecular weight is 425 g/mol. The summed E-state index contributed by atoms with van der Waals surface area (Å²) in [5.74, 6) is -1.73. The summed E-state index contributed by atoms with van der Waals surface area (Å²) in [5, 5.41) is 2.28. The van der Waals surface area contributed by atoms with Crippen LogP contribution in [0, 0.1) is 11.6 Å². The number of methoxy groups -OCH3 is 1. The molecule has 7 nitrogen and oxygen atoms in total. The van der Waals surface area contributed by atoms with Crippen LogP contribution in [-0.4, -0.2) is 49.7 Å². The summed E-state index contributed by atoms with van der Waals surface area (Å²) >= 11 is 0. The first-order valence-corrected chi connectivity index (χ1v) is 10.3. The molecule has 29 heavy (non-hydrogen) atoms. The Hall–Kier alpha value is -2.56. The van der Waals surface area contributed by atoms with Crippen molar-refractivity contribution < 1.29 is 26.7 Å². The number of nitrogens with one attached hydrogen (secondary N) is 1. The summed E-state index contributed by atoms with van der Waals surface area (Å²) in [7, 11) is -2.32. The molecule has 1 N–H and O–H groups in total. The molecule has 1 aliphatic rings. The fourth-order valence-electron chi connectivity index (χ4n) is 3.01. The lowest BCUT2D eigenvalue weighted by molar-refractivity contribution is -0.116. The van der Waals surface area contributed by atoms with Crippen LogP contribution in [-0.2, 0) is 21.5 Å². The zero-order valence-corrected chi connectivity index (χ0v) is 16.6. The largest absolute Gasteiger partial charge is 0.497 e. The van der Waals surface area contributed by atoms with Gasteiger partial charge in [-0.2, -0.15) is 17.0 Å². The first-order chi connectivity index (χ1) is 13.8. The Labute approximate surface area is 168 Å². The lowest BCUT2D eigenvalue weighted by Crippen LogP contribution is -2.51. The lowest BCUT2D eigenvalue weighted by atomic mass is 10.2. The summed E-state index contributed by atoms with van der Waals surface area (Å²) in [5.41, 5.74) is 0.579. The van der Waals surface area contributed by atoms with Crippen molar-refractivity contribution >= 4 is 21.8 Å². The third kappa shape index (κ3) is 5.08. The predicted molar refractivity (Wildman–Crippen MR) is 104 cm³/mol. The van der Waals surface area contributed by atoms with Crippen LogP contribution in [0.15, 0.2) is 42.5 Å². The van der Waals surface area contributed by atoms with Gasteiger partial charge in [-0.1, -0.05) is 12.1 Å². The van der Waals surface area contributed by atoms with Gasteiger partial charge in [-0.25, -0.2) is 8.78 Å². The monoisotopic (exact) mass is 425 g/mol. The Morgan fingerprint density at radius 2 is 1.79 bits per heavy atom. The first kappa shape index (κ1) is 21.2. The summed E-state index contributed by atoms with van der Waals surface area (Å²) < 4.78 is 59.8. The van der Waals surface area contributed by atoms with Gasteiger partial charge in [-0.3, -0.25) is 4.79 Å². The molecular formula is C19H21F2N3O4S. The Bertz CT molecular complexity index is 983. The second-order valence-corrected chi connectivity index (χ2v) is 8.48. The van der Waals surface area contributed by atoms with E-state index in [1.54, 1.807) is 31.4 Å². The van der Waals surface area contributed by atoms with Gasteiger partial charge in [0.1, 0.15) is 17.4 Å². The van der Waals surface area contributed by atoms with Gasteiger partial charge in [0.15, 0.2) is 0 Å². The minimum absolute atomic E-state index is 0.164. The van der Waals surface area contributed by atoms with Gasteiger partial charge >= 0.3 is 0 Å². The van der Waals surface area contributed by atoms with E-state index >= 15 is 0 Å². The maximum absolute atomic E-state index is 13.7. The molecule has 0 unspecified atom stereocenters. The van der Waals surface area contributed by atoms with Gasteiger partial charge in [0.25, 0.3) is 10.2 Å². The molecular weight excluding hydrogens is 404 g/mol. The van der Waals surface area contributed by atoms with Crippen LogP contribution in [0.5, 0.6) is 5.75 Å². The third-order valence-corrected chi connectivity index (χ3v) is 6.44. The molecule has 0 spiro atoms. The SMILES string of the molecule is COc1ccc(CN2CCCN(CC(=O)Nc3ccc(F)cc3F)S2(=O)=O)cc1. The molecule has 156 valence electrons. The fourth-order valence-corrected chi connectivity index (χ4v) is 4.65. The van der Waals surface area contributed by atoms with Gasteiger partial charge in [0.05, 0.1) is 19.3 Å². The van der Waals surface area contributed by atoms with Gasteiger partial charge < -0.3 is 10.1 Å². The highest BCUT2D eigenvalue weighted by Gasteiger charge is 2.34. The van der Waals surface area contributed by atoms with E-state index in [-0.39, 0.29) is 18.8 Å². The Morgan fingerprint density at radius 1 is 1.10 bits per heavy atom. The molecule has 1 fully saturated rings. The Balaban J connectivity index is 1.66. The van der Waals surface area contributed by atoms with Crippen LogP contribution in [0.25, 0.3) is 0 Å². The number of halogens is 2. The van der Waals surface area contributed by atoms with Crippen molar-refractivity contribution in [3.63, 3.8) is 0 Å². The lowest BCUT2D eigenvalue weighted by Gasteiger charge is -2.34. The van der Waals surface area contributed by atoms with Crippen LogP contribution in [0.3, 0.4) is 0 Å². The molecule has 0 atom stereocenters. The van der Waals surface area contributed by atoms with Crippen molar-refractivity contribution in [1.29, 1.82) is 0 Å². The van der Waals surface area contributed by atoms with Crippen LogP contribution in [0.1, 0.15) is 12.0 Å². The van der Waals surface area contributed by atoms with Gasteiger partial charge in [-0.15, -0.1) is 0 Å². The van der Waals surface area contributed by atoms with Crippen molar-refractivity contribution in [2.45, 2.75) is 13.0 Å². The summed E-state index contributed by atoms with van der Waals surface area (Å²) in [6.07, 6.45) is 0.549. The minimum Gasteiger partial charge on any atom is -0.497 e. The van der Waals surface area contributed by atoms with Gasteiger partial charge in [-0.05, 0) is 36.2 Å². The van der Waals surface area contributed by atoms with E-state index in [9.17, 15) is 22.0 Å². The molecule has 1 heterocycles. The summed E-state index contributed by atoms with van der Waals surface area (Å²) in [6, 6.07) is 9.78. The molecule has 0 aromatic heterocycles. The number of amides is 1. The Kier molecular flexibility index (Phi) is 6.46. The molecule has 2 aromatic rings. The number of carbonyl (C=O) groups is 1. The zero-order chi connectivity index (χ0) is 21.0. The number of hydrogen-bond donors (Lipinski definition) is 1. The van der Waals surface area contributed by atoms with E-state index in [2.05, 4.69) is 5.32 Å². The summed E-state index contributed by atoms with van der Waals surface area (Å²) in [4.78, 5) is 12.2. The minimum atomic E-state index is -3.86. The van der Waals surface area contributed by atoms with Crippen LogP contribution < -0.4 is 10.1 Å². The maximum atomic E-state index is 13.7. The summed E-state index contributed by atoms with van der Waals surface area (Å²) in [6.45, 7) is 0.217. The van der Waals surface area contributed by atoms with Crippen molar-refractivity contribution in [3.05, 3.63) is 59.7 Å². The number of carbonyl (C=O) groups excluding carboxylic acids is 1. The average Bonchev–Trinajstić information content (AvgIpc) is 2.68. The predicted octanol–water partition coefficient (Wildman–Crippen LogP) is 2.36. The fraction of sp³-hybridized carbons (Fsp3) is 0.316. The molecule has 0 aliphatic carbocycles. The normalized spacial score (nSPS) is 17.1. The highest BCUT2D eigenvalue weighted by Crippen LogP contribution is 2.21. The zero-order valence-electron chi connectivity index (χ0n) is 15.8. The van der Waals surface area contributed by atoms with Crippen LogP contribution in [0.2, 0.25) is 0 Å². The molecule has 0 saturated carbocycles. The van der Waals surface area contributed by atoms with E-state index in [0.717, 1.165) is 22.0 Å². The van der Waals surface area contributed by atoms with E-state index in [4.69, 9.17) is 4.74 Å². The number of rotatable bonds is 6. The molecule has 1 amide bonds. The number of anilines is 1. The highest BCUT2D eigenvalue weighted by molar-refractivity contribution is 7.86. The van der Waals surface area contributed by atoms with Gasteiger partial charge in [0, 0.05) is 25.7 Å². The second-order valence-electron chi connectivity index (χ2n) is 6.55. The van der Waals surface area contributed by atoms with Crippen molar-refractivity contribution in [3.8, 4) is 5.75 Å². The third-order valence-electron chi connectivity index (χ3n) is 4.51. The number of hydrogen-bond acceptors (Lipinski definition) is 4. The van der Waals surface area contributed by atoms with Crippen LogP contribution in [0.4, 0.5) is 14.5 Å². The van der Waals surface area contributed by atoms with Gasteiger partial charge in [0.2, 0.25) is 5.91 Å². The van der Waals surface area contributed by atoms with Crippen molar-refractivity contribution in [2.75, 3.05) is 32.1 Å². The molecule has 0 bridgehead atoms. The topological polar surface area (TPSA) is 79.0 Å². The van der Waals surface area contributed by atoms with E-state index in [1.165, 1.54) is 4.31 Å². The van der Waals surface area contributed by atoms with Crippen molar-refractivity contribution in [1.82, 2.24) is 8.61 Å². The highest BCUT2D eigenvalue weighted by atomic mass is 32.2. The number of ether oxygens (including phenoxy) is 1. The molecule has 3 rings (SSSR count).